The second-order valence-corrected chi connectivity index (χ2v) is 3.24. The third-order valence-electron chi connectivity index (χ3n) is 2.07. The first-order chi connectivity index (χ1) is 7.66. The molecule has 1 rings (SSSR count). The summed E-state index contributed by atoms with van der Waals surface area (Å²) in [6.07, 6.45) is 0. The van der Waals surface area contributed by atoms with Crippen molar-refractivity contribution in [3.8, 4) is 0 Å². The van der Waals surface area contributed by atoms with Crippen LogP contribution in [0.2, 0.25) is 0 Å². The second-order valence-electron chi connectivity index (χ2n) is 3.24. The van der Waals surface area contributed by atoms with Gasteiger partial charge in [-0.15, -0.1) is 0 Å². The van der Waals surface area contributed by atoms with Crippen LogP contribution in [0.5, 0.6) is 0 Å². The molecule has 1 aromatic carbocycles. The zero-order chi connectivity index (χ0) is 12.0. The molecule has 1 aromatic rings. The molecule has 0 bridgehead atoms. The summed E-state index contributed by atoms with van der Waals surface area (Å²) in [6, 6.07) is 8.96. The van der Waals surface area contributed by atoms with Crippen molar-refractivity contribution in [3.63, 3.8) is 0 Å². The zero-order valence-corrected chi connectivity index (χ0v) is 9.14. The maximum absolute atomic E-state index is 11.6. The van der Waals surface area contributed by atoms with Gasteiger partial charge in [-0.1, -0.05) is 18.2 Å². The molecule has 0 spiro atoms. The van der Waals surface area contributed by atoms with E-state index in [0.717, 1.165) is 0 Å². The predicted octanol–water partition coefficient (Wildman–Crippen LogP) is -0.276. The number of carbonyl (C=O) groups is 2. The van der Waals surface area contributed by atoms with E-state index in [2.05, 4.69) is 5.32 Å². The lowest BCUT2D eigenvalue weighted by molar-refractivity contribution is -0.137. The molecule has 2 amide bonds. The smallest absolute Gasteiger partial charge is 0.316 e. The van der Waals surface area contributed by atoms with E-state index in [1.165, 1.54) is 4.90 Å². The van der Waals surface area contributed by atoms with E-state index < -0.39 is 11.8 Å². The quantitative estimate of drug-likeness (QED) is 0.689. The Labute approximate surface area is 94.2 Å². The van der Waals surface area contributed by atoms with Crippen molar-refractivity contribution in [2.24, 2.45) is 5.73 Å². The molecule has 3 N–H and O–H groups in total. The lowest BCUT2D eigenvalue weighted by Gasteiger charge is -2.16. The molecule has 0 atom stereocenters. The minimum Gasteiger partial charge on any atom is -0.347 e. The number of nitrogens with one attached hydrogen (secondary N) is 1. The molecular weight excluding hydrogens is 206 g/mol. The average Bonchev–Trinajstić information content (AvgIpc) is 2.35. The van der Waals surface area contributed by atoms with Crippen molar-refractivity contribution >= 4 is 17.5 Å². The number of anilines is 1. The van der Waals surface area contributed by atoms with Gasteiger partial charge in [-0.05, 0) is 12.1 Å². The summed E-state index contributed by atoms with van der Waals surface area (Å²) in [5.74, 6) is -1.24. The number of nitrogens with zero attached hydrogens (tertiary/aromatic N) is 1. The number of para-hydroxylation sites is 1. The molecule has 0 aliphatic rings. The van der Waals surface area contributed by atoms with Gasteiger partial charge in [0.1, 0.15) is 0 Å². The third kappa shape index (κ3) is 3.06. The first kappa shape index (κ1) is 12.2. The van der Waals surface area contributed by atoms with Gasteiger partial charge in [0.25, 0.3) is 0 Å². The molecule has 0 aliphatic carbocycles. The Balaban J connectivity index is 2.64. The number of hydrogen-bond acceptors (Lipinski definition) is 3. The first-order valence-corrected chi connectivity index (χ1v) is 4.98. The van der Waals surface area contributed by atoms with Crippen molar-refractivity contribution in [1.82, 2.24) is 5.32 Å². The van der Waals surface area contributed by atoms with Gasteiger partial charge in [0.15, 0.2) is 0 Å². The van der Waals surface area contributed by atoms with Crippen molar-refractivity contribution in [3.05, 3.63) is 30.3 Å². The number of benzene rings is 1. The largest absolute Gasteiger partial charge is 0.347 e. The van der Waals surface area contributed by atoms with Crippen molar-refractivity contribution in [2.75, 3.05) is 25.0 Å². The SMILES string of the molecule is CN(C(=O)C(=O)NCCN)c1ccccc1. The van der Waals surface area contributed by atoms with Gasteiger partial charge < -0.3 is 16.0 Å². The maximum atomic E-state index is 11.6. The van der Waals surface area contributed by atoms with Gasteiger partial charge in [0.05, 0.1) is 0 Å². The molecule has 0 aliphatic heterocycles. The molecule has 0 radical (unpaired) electrons. The Hall–Kier alpha value is -1.88. The van der Waals surface area contributed by atoms with E-state index in [-0.39, 0.29) is 0 Å². The maximum Gasteiger partial charge on any atom is 0.316 e. The Morgan fingerprint density at radius 3 is 2.50 bits per heavy atom. The highest BCUT2D eigenvalue weighted by atomic mass is 16.2. The lowest BCUT2D eigenvalue weighted by Crippen LogP contribution is -2.42. The Morgan fingerprint density at radius 2 is 1.94 bits per heavy atom. The Bertz CT molecular complexity index is 365. The van der Waals surface area contributed by atoms with Crippen LogP contribution in [-0.4, -0.2) is 32.0 Å². The lowest BCUT2D eigenvalue weighted by atomic mass is 10.3. The number of hydrogen-bond donors (Lipinski definition) is 2. The van der Waals surface area contributed by atoms with E-state index in [1.54, 1.807) is 31.3 Å². The molecule has 0 heterocycles. The van der Waals surface area contributed by atoms with Crippen LogP contribution < -0.4 is 16.0 Å². The fourth-order valence-corrected chi connectivity index (χ4v) is 1.18. The van der Waals surface area contributed by atoms with E-state index in [0.29, 0.717) is 18.8 Å². The number of nitrogens with two attached hydrogens (primary N) is 1. The van der Waals surface area contributed by atoms with Crippen LogP contribution in [0.3, 0.4) is 0 Å². The van der Waals surface area contributed by atoms with Crippen LogP contribution in [0, 0.1) is 0 Å². The van der Waals surface area contributed by atoms with Crippen molar-refractivity contribution in [1.29, 1.82) is 0 Å². The highest BCUT2D eigenvalue weighted by Gasteiger charge is 2.18. The third-order valence-corrected chi connectivity index (χ3v) is 2.07. The average molecular weight is 221 g/mol. The van der Waals surface area contributed by atoms with Crippen molar-refractivity contribution < 1.29 is 9.59 Å². The van der Waals surface area contributed by atoms with Gasteiger partial charge in [-0.3, -0.25) is 9.59 Å². The minimum absolute atomic E-state index is 0.299. The van der Waals surface area contributed by atoms with Crippen LogP contribution >= 0.6 is 0 Å². The monoisotopic (exact) mass is 221 g/mol. The van der Waals surface area contributed by atoms with Gasteiger partial charge >= 0.3 is 11.8 Å². The Kier molecular flexibility index (Phi) is 4.47. The van der Waals surface area contributed by atoms with Crippen LogP contribution in [0.15, 0.2) is 30.3 Å². The van der Waals surface area contributed by atoms with Gasteiger partial charge in [0, 0.05) is 25.8 Å². The van der Waals surface area contributed by atoms with Crippen LogP contribution in [0.4, 0.5) is 5.69 Å². The molecule has 0 saturated heterocycles. The standard InChI is InChI=1S/C11H15N3O2/c1-14(9-5-3-2-4-6-9)11(16)10(15)13-8-7-12/h2-6H,7-8,12H2,1H3,(H,13,15). The molecule has 0 aromatic heterocycles. The summed E-state index contributed by atoms with van der Waals surface area (Å²) in [5.41, 5.74) is 5.90. The van der Waals surface area contributed by atoms with E-state index >= 15 is 0 Å². The molecule has 5 heteroatoms. The molecule has 0 saturated carbocycles. The van der Waals surface area contributed by atoms with E-state index in [4.69, 9.17) is 5.73 Å². The predicted molar refractivity (Wildman–Crippen MR) is 61.9 cm³/mol. The fourth-order valence-electron chi connectivity index (χ4n) is 1.18. The second kappa shape index (κ2) is 5.87. The zero-order valence-electron chi connectivity index (χ0n) is 9.14. The minimum atomic E-state index is -0.642. The fraction of sp³-hybridized carbons (Fsp3) is 0.273. The van der Waals surface area contributed by atoms with E-state index in [1.807, 2.05) is 6.07 Å². The highest BCUT2D eigenvalue weighted by molar-refractivity contribution is 6.40. The summed E-state index contributed by atoms with van der Waals surface area (Å²) in [5, 5.41) is 2.43. The molecule has 5 nitrogen and oxygen atoms in total. The number of amides is 2. The number of rotatable bonds is 3. The highest BCUT2D eigenvalue weighted by Crippen LogP contribution is 2.10. The summed E-state index contributed by atoms with van der Waals surface area (Å²) in [6.45, 7) is 0.612. The number of likely N-dealkylation sites (N-methyl/N-ethyl adjacent to an activating group) is 1. The first-order valence-electron chi connectivity index (χ1n) is 4.98. The number of carbonyl (C=O) groups excluding carboxylic acids is 2. The molecule has 16 heavy (non-hydrogen) atoms. The summed E-state index contributed by atoms with van der Waals surface area (Å²) in [7, 11) is 1.56. The van der Waals surface area contributed by atoms with Crippen LogP contribution in [-0.2, 0) is 9.59 Å². The summed E-state index contributed by atoms with van der Waals surface area (Å²) >= 11 is 0. The Morgan fingerprint density at radius 1 is 1.31 bits per heavy atom. The molecule has 0 fully saturated rings. The van der Waals surface area contributed by atoms with Crippen LogP contribution in [0.25, 0.3) is 0 Å². The normalized spacial score (nSPS) is 9.62. The molecule has 0 unspecified atom stereocenters. The summed E-state index contributed by atoms with van der Waals surface area (Å²) in [4.78, 5) is 24.3. The van der Waals surface area contributed by atoms with Crippen molar-refractivity contribution in [2.45, 2.75) is 0 Å². The van der Waals surface area contributed by atoms with Crippen LogP contribution in [0.1, 0.15) is 0 Å². The van der Waals surface area contributed by atoms with Gasteiger partial charge in [-0.2, -0.15) is 0 Å². The molecular formula is C11H15N3O2. The summed E-state index contributed by atoms with van der Waals surface area (Å²) < 4.78 is 0. The van der Waals surface area contributed by atoms with E-state index in [9.17, 15) is 9.59 Å². The van der Waals surface area contributed by atoms with Gasteiger partial charge in [0.2, 0.25) is 0 Å². The topological polar surface area (TPSA) is 75.4 Å². The molecule has 86 valence electrons. The van der Waals surface area contributed by atoms with Gasteiger partial charge in [-0.25, -0.2) is 0 Å².